The molecule has 0 aromatic carbocycles. The first kappa shape index (κ1) is 7.98. The maximum atomic E-state index is 9.22. The van der Waals surface area contributed by atoms with Crippen LogP contribution in [0.15, 0.2) is 0 Å². The van der Waals surface area contributed by atoms with E-state index in [1.54, 1.807) is 0 Å². The molecule has 3 nitrogen and oxygen atoms in total. The monoisotopic (exact) mass is 145 g/mol. The molecule has 0 spiro atoms. The molecule has 0 aromatic rings. The summed E-state index contributed by atoms with van der Waals surface area (Å²) in [5.74, 6) is 0. The van der Waals surface area contributed by atoms with Crippen LogP contribution in [0.1, 0.15) is 12.8 Å². The van der Waals surface area contributed by atoms with E-state index in [4.69, 9.17) is 0 Å². The van der Waals surface area contributed by atoms with Crippen molar-refractivity contribution in [3.8, 4) is 0 Å². The summed E-state index contributed by atoms with van der Waals surface area (Å²) in [6, 6.07) is 0. The highest BCUT2D eigenvalue weighted by atomic mass is 16.3. The second-order valence-electron chi connectivity index (χ2n) is 3.11. The third-order valence-electron chi connectivity index (χ3n) is 1.88. The molecule has 1 aliphatic rings. The number of hydrogen-bond donors (Lipinski definition) is 2. The van der Waals surface area contributed by atoms with E-state index in [1.165, 1.54) is 0 Å². The molecule has 1 aliphatic heterocycles. The van der Waals surface area contributed by atoms with Crippen molar-refractivity contribution in [3.05, 3.63) is 0 Å². The van der Waals surface area contributed by atoms with Gasteiger partial charge in [0.25, 0.3) is 0 Å². The average molecular weight is 145 g/mol. The summed E-state index contributed by atoms with van der Waals surface area (Å²) in [5, 5.41) is 18.4. The Kier molecular flexibility index (Phi) is 2.65. The van der Waals surface area contributed by atoms with E-state index in [0.29, 0.717) is 13.1 Å². The minimum Gasteiger partial charge on any atom is -0.392 e. The summed E-state index contributed by atoms with van der Waals surface area (Å²) in [6.45, 7) is 1.38. The molecule has 2 atom stereocenters. The van der Waals surface area contributed by atoms with Crippen LogP contribution in [0.4, 0.5) is 0 Å². The zero-order valence-corrected chi connectivity index (χ0v) is 6.32. The predicted molar refractivity (Wildman–Crippen MR) is 38.7 cm³/mol. The number of likely N-dealkylation sites (N-methyl/N-ethyl adjacent to an activating group) is 1. The van der Waals surface area contributed by atoms with Gasteiger partial charge in [0.1, 0.15) is 0 Å². The topological polar surface area (TPSA) is 43.7 Å². The average Bonchev–Trinajstić information content (AvgIpc) is 1.93. The van der Waals surface area contributed by atoms with Gasteiger partial charge in [-0.15, -0.1) is 0 Å². The van der Waals surface area contributed by atoms with Gasteiger partial charge in [0, 0.05) is 13.1 Å². The molecule has 0 aliphatic carbocycles. The zero-order valence-electron chi connectivity index (χ0n) is 6.32. The SMILES string of the molecule is CN1CC(O)CCC(O)C1. The van der Waals surface area contributed by atoms with Crippen molar-refractivity contribution >= 4 is 0 Å². The Morgan fingerprint density at radius 3 is 1.90 bits per heavy atom. The minimum absolute atomic E-state index is 0.248. The molecule has 2 N–H and O–H groups in total. The molecule has 10 heavy (non-hydrogen) atoms. The molecule has 2 unspecified atom stereocenters. The lowest BCUT2D eigenvalue weighted by Gasteiger charge is -2.16. The lowest BCUT2D eigenvalue weighted by Crippen LogP contribution is -2.30. The molecule has 1 heterocycles. The minimum atomic E-state index is -0.248. The predicted octanol–water partition coefficient (Wildman–Crippen LogP) is -0.566. The van der Waals surface area contributed by atoms with E-state index in [9.17, 15) is 10.2 Å². The van der Waals surface area contributed by atoms with Crippen LogP contribution in [0, 0.1) is 0 Å². The molecule has 0 saturated carbocycles. The Bertz CT molecular complexity index is 95.8. The van der Waals surface area contributed by atoms with Crippen LogP contribution >= 0.6 is 0 Å². The van der Waals surface area contributed by atoms with Crippen molar-refractivity contribution in [1.82, 2.24) is 4.90 Å². The lowest BCUT2D eigenvalue weighted by molar-refractivity contribution is 0.125. The van der Waals surface area contributed by atoms with Crippen molar-refractivity contribution in [2.45, 2.75) is 25.0 Å². The molecule has 1 saturated heterocycles. The second-order valence-corrected chi connectivity index (χ2v) is 3.11. The highest BCUT2D eigenvalue weighted by Crippen LogP contribution is 2.08. The van der Waals surface area contributed by atoms with Crippen molar-refractivity contribution in [3.63, 3.8) is 0 Å². The van der Waals surface area contributed by atoms with Gasteiger partial charge in [0.2, 0.25) is 0 Å². The lowest BCUT2D eigenvalue weighted by atomic mass is 10.1. The summed E-state index contributed by atoms with van der Waals surface area (Å²) in [7, 11) is 1.91. The number of hydrogen-bond acceptors (Lipinski definition) is 3. The molecule has 3 heteroatoms. The van der Waals surface area contributed by atoms with Crippen LogP contribution in [0.5, 0.6) is 0 Å². The Morgan fingerprint density at radius 2 is 1.50 bits per heavy atom. The van der Waals surface area contributed by atoms with Crippen LogP contribution in [0.25, 0.3) is 0 Å². The van der Waals surface area contributed by atoms with Crippen molar-refractivity contribution in [2.24, 2.45) is 0 Å². The van der Waals surface area contributed by atoms with Gasteiger partial charge >= 0.3 is 0 Å². The first-order valence-corrected chi connectivity index (χ1v) is 3.73. The Hall–Kier alpha value is -0.120. The Morgan fingerprint density at radius 1 is 1.10 bits per heavy atom. The van der Waals surface area contributed by atoms with Crippen molar-refractivity contribution in [1.29, 1.82) is 0 Å². The standard InChI is InChI=1S/C7H15NO2/c1-8-4-6(9)2-3-7(10)5-8/h6-7,9-10H,2-5H2,1H3. The van der Waals surface area contributed by atoms with E-state index in [2.05, 4.69) is 0 Å². The molecule has 60 valence electrons. The molecule has 0 bridgehead atoms. The number of aliphatic hydroxyl groups is 2. The van der Waals surface area contributed by atoms with Gasteiger partial charge in [-0.2, -0.15) is 0 Å². The number of β-amino-alcohol motifs (C(OH)–C–C–N with tert-alkyl or cyclic N) is 2. The van der Waals surface area contributed by atoms with E-state index >= 15 is 0 Å². The fourth-order valence-electron chi connectivity index (χ4n) is 1.36. The normalized spacial score (nSPS) is 37.5. The van der Waals surface area contributed by atoms with Crippen LogP contribution in [-0.4, -0.2) is 47.5 Å². The molecule has 0 aromatic heterocycles. The number of likely N-dealkylation sites (tertiary alicyclic amines) is 1. The summed E-state index contributed by atoms with van der Waals surface area (Å²) in [4.78, 5) is 1.96. The fourth-order valence-corrected chi connectivity index (χ4v) is 1.36. The highest BCUT2D eigenvalue weighted by Gasteiger charge is 2.17. The van der Waals surface area contributed by atoms with Gasteiger partial charge in [-0.3, -0.25) is 0 Å². The number of nitrogens with zero attached hydrogens (tertiary/aromatic N) is 1. The summed E-state index contributed by atoms with van der Waals surface area (Å²) in [6.07, 6.45) is 0.959. The number of rotatable bonds is 0. The number of aliphatic hydroxyl groups excluding tert-OH is 2. The van der Waals surface area contributed by atoms with Gasteiger partial charge < -0.3 is 15.1 Å². The first-order chi connectivity index (χ1) is 4.68. The molecule has 0 amide bonds. The van der Waals surface area contributed by atoms with Crippen LogP contribution in [-0.2, 0) is 0 Å². The molecule has 0 radical (unpaired) electrons. The molecular weight excluding hydrogens is 130 g/mol. The van der Waals surface area contributed by atoms with Gasteiger partial charge in [-0.1, -0.05) is 0 Å². The third kappa shape index (κ3) is 2.25. The van der Waals surface area contributed by atoms with E-state index in [0.717, 1.165) is 12.8 Å². The smallest absolute Gasteiger partial charge is 0.0668 e. The summed E-state index contributed by atoms with van der Waals surface area (Å²) in [5.41, 5.74) is 0. The summed E-state index contributed by atoms with van der Waals surface area (Å²) < 4.78 is 0. The van der Waals surface area contributed by atoms with E-state index in [-0.39, 0.29) is 12.2 Å². The van der Waals surface area contributed by atoms with Gasteiger partial charge in [-0.05, 0) is 19.9 Å². The largest absolute Gasteiger partial charge is 0.392 e. The van der Waals surface area contributed by atoms with Crippen LogP contribution in [0.3, 0.4) is 0 Å². The molecule has 1 fully saturated rings. The van der Waals surface area contributed by atoms with Gasteiger partial charge in [0.05, 0.1) is 12.2 Å². The molecule has 1 rings (SSSR count). The van der Waals surface area contributed by atoms with Crippen molar-refractivity contribution < 1.29 is 10.2 Å². The van der Waals surface area contributed by atoms with E-state index < -0.39 is 0 Å². The molecular formula is C7H15NO2. The maximum Gasteiger partial charge on any atom is 0.0668 e. The van der Waals surface area contributed by atoms with Gasteiger partial charge in [-0.25, -0.2) is 0 Å². The second kappa shape index (κ2) is 3.32. The Labute approximate surface area is 61.3 Å². The van der Waals surface area contributed by atoms with Crippen LogP contribution < -0.4 is 0 Å². The highest BCUT2D eigenvalue weighted by molar-refractivity contribution is 4.72. The quantitative estimate of drug-likeness (QED) is 0.480. The van der Waals surface area contributed by atoms with Crippen molar-refractivity contribution in [2.75, 3.05) is 20.1 Å². The third-order valence-corrected chi connectivity index (χ3v) is 1.88. The maximum absolute atomic E-state index is 9.22. The zero-order chi connectivity index (χ0) is 7.56. The summed E-state index contributed by atoms with van der Waals surface area (Å²) >= 11 is 0. The fraction of sp³-hybridized carbons (Fsp3) is 1.00. The Balaban J connectivity index is 2.38. The van der Waals surface area contributed by atoms with Gasteiger partial charge in [0.15, 0.2) is 0 Å². The van der Waals surface area contributed by atoms with Crippen LogP contribution in [0.2, 0.25) is 0 Å². The first-order valence-electron chi connectivity index (χ1n) is 3.73. The van der Waals surface area contributed by atoms with E-state index in [1.807, 2.05) is 11.9 Å².